The summed E-state index contributed by atoms with van der Waals surface area (Å²) in [5.41, 5.74) is 0. The molecule has 7 heavy (non-hydrogen) atoms. The monoisotopic (exact) mass is 134 g/mol. The van der Waals surface area contributed by atoms with Gasteiger partial charge in [-0.25, -0.2) is 0 Å². The lowest BCUT2D eigenvalue weighted by atomic mass is 10.6. The molecule has 0 aliphatic carbocycles. The smallest absolute Gasteiger partial charge is 0.00235 e. The van der Waals surface area contributed by atoms with E-state index in [0.29, 0.717) is 0 Å². The van der Waals surface area contributed by atoms with Crippen molar-refractivity contribution in [3.8, 4) is 0 Å². The van der Waals surface area contributed by atoms with E-state index in [4.69, 9.17) is 0 Å². The Hall–Kier alpha value is 0.700. The van der Waals surface area contributed by atoms with E-state index in [1.165, 1.54) is 17.9 Å². The van der Waals surface area contributed by atoms with Crippen molar-refractivity contribution in [2.75, 3.05) is 11.5 Å². The second-order valence-electron chi connectivity index (χ2n) is 1.17. The highest BCUT2D eigenvalue weighted by atomic mass is 32.2. The van der Waals surface area contributed by atoms with Crippen molar-refractivity contribution in [1.82, 2.24) is 0 Å². The van der Waals surface area contributed by atoms with Gasteiger partial charge in [-0.2, -0.15) is 23.5 Å². The van der Waals surface area contributed by atoms with Gasteiger partial charge in [0.2, 0.25) is 0 Å². The van der Waals surface area contributed by atoms with Crippen LogP contribution in [0.5, 0.6) is 0 Å². The minimum Gasteiger partial charge on any atom is -0.161 e. The molecule has 0 saturated carbocycles. The Morgan fingerprint density at radius 2 is 1.43 bits per heavy atom. The first-order chi connectivity index (χ1) is 3.41. The molecule has 0 atom stereocenters. The maximum absolute atomic E-state index is 3.64. The molecule has 2 radical (unpaired) electrons. The predicted octanol–water partition coefficient (Wildman–Crippen LogP) is 2.43. The lowest BCUT2D eigenvalue weighted by Gasteiger charge is -1.90. The molecule has 0 spiro atoms. The van der Waals surface area contributed by atoms with Gasteiger partial charge in [-0.1, -0.05) is 0 Å². The molecular formula is C5H10S2. The Balaban J connectivity index is 2.45. The summed E-state index contributed by atoms with van der Waals surface area (Å²) in [5.74, 6) is 2.34. The van der Waals surface area contributed by atoms with Gasteiger partial charge < -0.3 is 0 Å². The number of rotatable bonds is 4. The fraction of sp³-hybridized carbons (Fsp3) is 0.600. The van der Waals surface area contributed by atoms with Crippen LogP contribution in [0.25, 0.3) is 0 Å². The summed E-state index contributed by atoms with van der Waals surface area (Å²) in [7, 11) is 0. The average Bonchev–Trinajstić information content (AvgIpc) is 1.69. The number of thioether (sulfide) groups is 2. The molecule has 0 aromatic carbocycles. The third kappa shape index (κ3) is 6.70. The molecule has 2 heteroatoms. The quantitative estimate of drug-likeness (QED) is 0.542. The second kappa shape index (κ2) is 6.70. The first-order valence-electron chi connectivity index (χ1n) is 2.15. The zero-order valence-corrected chi connectivity index (χ0v) is 5.99. The molecule has 0 aliphatic heterocycles. The van der Waals surface area contributed by atoms with Crippen molar-refractivity contribution in [1.29, 1.82) is 0 Å². The molecule has 0 saturated heterocycles. The van der Waals surface area contributed by atoms with Crippen LogP contribution in [0.2, 0.25) is 0 Å². The van der Waals surface area contributed by atoms with Gasteiger partial charge in [0.05, 0.1) is 0 Å². The highest BCUT2D eigenvalue weighted by molar-refractivity contribution is 8.01. The highest BCUT2D eigenvalue weighted by Gasteiger charge is 1.80. The van der Waals surface area contributed by atoms with Crippen LogP contribution in [0.1, 0.15) is 6.42 Å². The molecule has 0 bridgehead atoms. The molecule has 0 unspecified atom stereocenters. The summed E-state index contributed by atoms with van der Waals surface area (Å²) < 4.78 is 0. The van der Waals surface area contributed by atoms with Crippen LogP contribution in [0.3, 0.4) is 0 Å². The topological polar surface area (TPSA) is 0 Å². The molecule has 0 fully saturated rings. The lowest BCUT2D eigenvalue weighted by Crippen LogP contribution is -1.77. The summed E-state index contributed by atoms with van der Waals surface area (Å²) in [6.45, 7) is 0. The van der Waals surface area contributed by atoms with Crippen LogP contribution in [0, 0.1) is 12.5 Å². The summed E-state index contributed by atoms with van der Waals surface area (Å²) in [4.78, 5) is 0. The van der Waals surface area contributed by atoms with Gasteiger partial charge in [0.25, 0.3) is 0 Å². The van der Waals surface area contributed by atoms with Crippen molar-refractivity contribution >= 4 is 23.5 Å². The van der Waals surface area contributed by atoms with Gasteiger partial charge in [0.1, 0.15) is 0 Å². The SMILES string of the molecule is [CH2]SCCCS[CH2]. The molecule has 0 heterocycles. The first kappa shape index (κ1) is 7.70. The van der Waals surface area contributed by atoms with Gasteiger partial charge in [0, 0.05) is 12.5 Å². The molecule has 42 valence electrons. The summed E-state index contributed by atoms with van der Waals surface area (Å²) in [5, 5.41) is 0. The van der Waals surface area contributed by atoms with Crippen LogP contribution < -0.4 is 0 Å². The zero-order valence-electron chi connectivity index (χ0n) is 4.35. The maximum Gasteiger partial charge on any atom is 0.00235 e. The Morgan fingerprint density at radius 1 is 1.00 bits per heavy atom. The van der Waals surface area contributed by atoms with E-state index in [1.54, 1.807) is 23.5 Å². The van der Waals surface area contributed by atoms with E-state index >= 15 is 0 Å². The first-order valence-corrected chi connectivity index (χ1v) is 4.46. The van der Waals surface area contributed by atoms with E-state index < -0.39 is 0 Å². The third-order valence-corrected chi connectivity index (χ3v) is 1.73. The van der Waals surface area contributed by atoms with Gasteiger partial charge in [-0.3, -0.25) is 0 Å². The third-order valence-electron chi connectivity index (χ3n) is 0.577. The molecule has 0 rings (SSSR count). The molecule has 0 nitrogen and oxygen atoms in total. The van der Waals surface area contributed by atoms with E-state index in [-0.39, 0.29) is 0 Å². The summed E-state index contributed by atoms with van der Waals surface area (Å²) >= 11 is 3.30. The van der Waals surface area contributed by atoms with Crippen LogP contribution in [0.4, 0.5) is 0 Å². The van der Waals surface area contributed by atoms with Crippen LogP contribution in [-0.4, -0.2) is 11.5 Å². The van der Waals surface area contributed by atoms with Crippen LogP contribution in [0.15, 0.2) is 0 Å². The fourth-order valence-electron chi connectivity index (χ4n) is 0.263. The van der Waals surface area contributed by atoms with Gasteiger partial charge in [0.15, 0.2) is 0 Å². The Morgan fingerprint density at radius 3 is 1.71 bits per heavy atom. The Labute approximate surface area is 54.4 Å². The van der Waals surface area contributed by atoms with E-state index in [1.807, 2.05) is 0 Å². The van der Waals surface area contributed by atoms with Crippen molar-refractivity contribution < 1.29 is 0 Å². The van der Waals surface area contributed by atoms with Crippen molar-refractivity contribution in [2.45, 2.75) is 6.42 Å². The van der Waals surface area contributed by atoms with Gasteiger partial charge >= 0.3 is 0 Å². The normalized spacial score (nSPS) is 9.43. The van der Waals surface area contributed by atoms with Crippen LogP contribution >= 0.6 is 23.5 Å². The molecular weight excluding hydrogens is 124 g/mol. The Bertz CT molecular complexity index is 25.3. The van der Waals surface area contributed by atoms with Crippen LogP contribution in [-0.2, 0) is 0 Å². The van der Waals surface area contributed by atoms with Crippen molar-refractivity contribution in [3.05, 3.63) is 12.5 Å². The summed E-state index contributed by atoms with van der Waals surface area (Å²) in [6, 6.07) is 0. The number of hydrogen-bond acceptors (Lipinski definition) is 2. The molecule has 0 aromatic rings. The molecule has 0 aromatic heterocycles. The van der Waals surface area contributed by atoms with Gasteiger partial charge in [-0.15, -0.1) is 0 Å². The summed E-state index contributed by atoms with van der Waals surface area (Å²) in [6.07, 6.45) is 8.53. The predicted molar refractivity (Wildman–Crippen MR) is 40.2 cm³/mol. The lowest BCUT2D eigenvalue weighted by molar-refractivity contribution is 1.13. The van der Waals surface area contributed by atoms with Crippen molar-refractivity contribution in [2.24, 2.45) is 0 Å². The van der Waals surface area contributed by atoms with Crippen molar-refractivity contribution in [3.63, 3.8) is 0 Å². The number of hydrogen-bond donors (Lipinski definition) is 0. The minimum atomic E-state index is 1.17. The van der Waals surface area contributed by atoms with Gasteiger partial charge in [-0.05, 0) is 17.9 Å². The van der Waals surface area contributed by atoms with E-state index in [9.17, 15) is 0 Å². The standard InChI is InChI=1S/C5H10S2/c1-6-4-3-5-7-2/h1-5H2. The Kier molecular flexibility index (Phi) is 7.37. The molecule has 0 N–H and O–H groups in total. The second-order valence-corrected chi connectivity index (χ2v) is 2.80. The van der Waals surface area contributed by atoms with E-state index in [0.717, 1.165) is 0 Å². The fourth-order valence-corrected chi connectivity index (χ4v) is 1.14. The average molecular weight is 134 g/mol. The molecule has 0 amide bonds. The largest absolute Gasteiger partial charge is 0.161 e. The highest BCUT2D eigenvalue weighted by Crippen LogP contribution is 2.03. The molecule has 0 aliphatic rings. The zero-order chi connectivity index (χ0) is 5.54. The minimum absolute atomic E-state index is 1.17. The van der Waals surface area contributed by atoms with E-state index in [2.05, 4.69) is 12.5 Å². The maximum atomic E-state index is 3.64.